The van der Waals surface area contributed by atoms with Gasteiger partial charge in [-0.05, 0) is 67.9 Å². The van der Waals surface area contributed by atoms with E-state index in [9.17, 15) is 9.59 Å². The van der Waals surface area contributed by atoms with Crippen LogP contribution in [0.1, 0.15) is 23.0 Å². The predicted octanol–water partition coefficient (Wildman–Crippen LogP) is 4.25. The van der Waals surface area contributed by atoms with Crippen LogP contribution in [0.15, 0.2) is 71.3 Å². The Labute approximate surface area is 157 Å². The van der Waals surface area contributed by atoms with Gasteiger partial charge in [0.2, 0.25) is 0 Å². The highest BCUT2D eigenvalue weighted by Crippen LogP contribution is 2.17. The van der Waals surface area contributed by atoms with Crippen molar-refractivity contribution >= 4 is 23.2 Å². The largest absolute Gasteiger partial charge is 0.481 e. The molecule has 0 bridgehead atoms. The number of amides is 2. The first-order valence-corrected chi connectivity index (χ1v) is 8.50. The summed E-state index contributed by atoms with van der Waals surface area (Å²) >= 11 is 0. The maximum atomic E-state index is 12.3. The average Bonchev–Trinajstić information content (AvgIpc) is 3.18. The molecule has 6 heteroatoms. The van der Waals surface area contributed by atoms with Crippen molar-refractivity contribution in [2.75, 3.05) is 10.6 Å². The Bertz CT molecular complexity index is 918. The molecule has 0 saturated heterocycles. The molecule has 0 aliphatic heterocycles. The van der Waals surface area contributed by atoms with Gasteiger partial charge in [-0.3, -0.25) is 9.59 Å². The molecule has 3 rings (SSSR count). The van der Waals surface area contributed by atoms with E-state index in [1.54, 1.807) is 43.3 Å². The van der Waals surface area contributed by atoms with Crippen molar-refractivity contribution in [3.05, 3.63) is 78.3 Å². The lowest BCUT2D eigenvalue weighted by Crippen LogP contribution is -2.30. The summed E-state index contributed by atoms with van der Waals surface area (Å²) in [6.07, 6.45) is 0.790. The molecule has 6 nitrogen and oxygen atoms in total. The summed E-state index contributed by atoms with van der Waals surface area (Å²) in [6, 6.07) is 17.6. The molecule has 0 spiro atoms. The quantitative estimate of drug-likeness (QED) is 0.685. The van der Waals surface area contributed by atoms with Crippen LogP contribution in [0.4, 0.5) is 11.4 Å². The number of hydrogen-bond acceptors (Lipinski definition) is 4. The molecular weight excluding hydrogens is 344 g/mol. The van der Waals surface area contributed by atoms with E-state index in [0.717, 1.165) is 5.56 Å². The summed E-state index contributed by atoms with van der Waals surface area (Å²) in [6.45, 7) is 3.65. The number of furan rings is 1. The maximum absolute atomic E-state index is 12.3. The van der Waals surface area contributed by atoms with Crippen molar-refractivity contribution in [1.29, 1.82) is 0 Å². The molecule has 3 aromatic rings. The molecule has 0 aliphatic rings. The Hall–Kier alpha value is -3.54. The highest BCUT2D eigenvalue weighted by Gasteiger charge is 2.15. The Morgan fingerprint density at radius 3 is 2.30 bits per heavy atom. The van der Waals surface area contributed by atoms with E-state index in [1.807, 2.05) is 31.2 Å². The minimum Gasteiger partial charge on any atom is -0.481 e. The van der Waals surface area contributed by atoms with E-state index in [2.05, 4.69) is 10.6 Å². The highest BCUT2D eigenvalue weighted by atomic mass is 16.5. The molecule has 138 valence electrons. The fourth-order valence-electron chi connectivity index (χ4n) is 2.43. The molecule has 27 heavy (non-hydrogen) atoms. The van der Waals surface area contributed by atoms with E-state index < -0.39 is 6.10 Å². The molecular formula is C21H20N2O4. The minimum absolute atomic E-state index is 0.231. The van der Waals surface area contributed by atoms with Gasteiger partial charge < -0.3 is 19.8 Å². The molecule has 0 fully saturated rings. The number of hydrogen-bond donors (Lipinski definition) is 2. The highest BCUT2D eigenvalue weighted by molar-refractivity contribution is 6.02. The van der Waals surface area contributed by atoms with E-state index in [4.69, 9.17) is 9.15 Å². The summed E-state index contributed by atoms with van der Waals surface area (Å²) in [5.74, 6) is 0.281. The summed E-state index contributed by atoms with van der Waals surface area (Å²) in [5.41, 5.74) is 2.27. The number of aryl methyl sites for hydroxylation is 1. The number of anilines is 2. The van der Waals surface area contributed by atoms with E-state index in [-0.39, 0.29) is 17.6 Å². The van der Waals surface area contributed by atoms with Crippen LogP contribution >= 0.6 is 0 Å². The molecule has 1 unspecified atom stereocenters. The molecule has 2 N–H and O–H groups in total. The zero-order valence-electron chi connectivity index (χ0n) is 15.1. The number of ether oxygens (including phenoxy) is 1. The first kappa shape index (κ1) is 18.3. The Morgan fingerprint density at radius 2 is 1.67 bits per heavy atom. The Balaban J connectivity index is 1.55. The first-order valence-electron chi connectivity index (χ1n) is 8.50. The fourth-order valence-corrected chi connectivity index (χ4v) is 2.43. The Kier molecular flexibility index (Phi) is 5.56. The smallest absolute Gasteiger partial charge is 0.291 e. The number of nitrogens with one attached hydrogen (secondary N) is 2. The molecule has 0 aliphatic carbocycles. The van der Waals surface area contributed by atoms with Gasteiger partial charge >= 0.3 is 0 Å². The van der Waals surface area contributed by atoms with Crippen LogP contribution in [-0.4, -0.2) is 17.9 Å². The van der Waals surface area contributed by atoms with Crippen LogP contribution in [0.3, 0.4) is 0 Å². The van der Waals surface area contributed by atoms with Gasteiger partial charge in [-0.2, -0.15) is 0 Å². The lowest BCUT2D eigenvalue weighted by atomic mass is 10.2. The van der Waals surface area contributed by atoms with Gasteiger partial charge in [-0.1, -0.05) is 12.1 Å². The van der Waals surface area contributed by atoms with E-state index >= 15 is 0 Å². The lowest BCUT2D eigenvalue weighted by molar-refractivity contribution is -0.122. The molecule has 1 aromatic heterocycles. The number of rotatable bonds is 6. The monoisotopic (exact) mass is 364 g/mol. The summed E-state index contributed by atoms with van der Waals surface area (Å²) in [5, 5.41) is 5.50. The molecule has 1 heterocycles. The third-order valence-corrected chi connectivity index (χ3v) is 3.83. The third kappa shape index (κ3) is 4.98. The van der Waals surface area contributed by atoms with Crippen LogP contribution < -0.4 is 15.4 Å². The first-order chi connectivity index (χ1) is 13.0. The fraction of sp³-hybridized carbons (Fsp3) is 0.143. The molecule has 0 radical (unpaired) electrons. The van der Waals surface area contributed by atoms with Crippen molar-refractivity contribution < 1.29 is 18.7 Å². The summed E-state index contributed by atoms with van der Waals surface area (Å²) in [4.78, 5) is 24.2. The van der Waals surface area contributed by atoms with Gasteiger partial charge in [0.1, 0.15) is 5.75 Å². The van der Waals surface area contributed by atoms with Gasteiger partial charge in [0.15, 0.2) is 11.9 Å². The molecule has 0 saturated carbocycles. The van der Waals surface area contributed by atoms with Crippen molar-refractivity contribution in [2.45, 2.75) is 20.0 Å². The van der Waals surface area contributed by atoms with Gasteiger partial charge in [-0.15, -0.1) is 0 Å². The predicted molar refractivity (Wildman–Crippen MR) is 103 cm³/mol. The van der Waals surface area contributed by atoms with Crippen molar-refractivity contribution in [2.24, 2.45) is 0 Å². The molecule has 2 aromatic carbocycles. The zero-order chi connectivity index (χ0) is 19.2. The van der Waals surface area contributed by atoms with Crippen molar-refractivity contribution in [3.8, 4) is 5.75 Å². The van der Waals surface area contributed by atoms with Crippen molar-refractivity contribution in [3.63, 3.8) is 0 Å². The van der Waals surface area contributed by atoms with E-state index in [0.29, 0.717) is 17.1 Å². The van der Waals surface area contributed by atoms with Crippen LogP contribution in [0.25, 0.3) is 0 Å². The second kappa shape index (κ2) is 8.23. The number of carbonyl (C=O) groups is 2. The third-order valence-electron chi connectivity index (χ3n) is 3.83. The number of benzene rings is 2. The standard InChI is InChI=1S/C21H20N2O4/c1-14-5-3-6-18(13-14)27-15(2)20(24)22-16-8-10-17(11-9-16)23-21(25)19-7-4-12-26-19/h3-13,15H,1-2H3,(H,22,24)(H,23,25). The second-order valence-electron chi connectivity index (χ2n) is 6.07. The molecule has 2 amide bonds. The minimum atomic E-state index is -0.648. The van der Waals surface area contributed by atoms with Crippen LogP contribution in [0.2, 0.25) is 0 Å². The maximum Gasteiger partial charge on any atom is 0.291 e. The lowest BCUT2D eigenvalue weighted by Gasteiger charge is -2.15. The second-order valence-corrected chi connectivity index (χ2v) is 6.07. The van der Waals surface area contributed by atoms with Gasteiger partial charge in [0, 0.05) is 11.4 Å². The SMILES string of the molecule is Cc1cccc(OC(C)C(=O)Nc2ccc(NC(=O)c3ccco3)cc2)c1. The van der Waals surface area contributed by atoms with Crippen LogP contribution in [-0.2, 0) is 4.79 Å². The van der Waals surface area contributed by atoms with Gasteiger partial charge in [-0.25, -0.2) is 0 Å². The number of carbonyl (C=O) groups excluding carboxylic acids is 2. The zero-order valence-corrected chi connectivity index (χ0v) is 15.1. The van der Waals surface area contributed by atoms with E-state index in [1.165, 1.54) is 6.26 Å². The van der Waals surface area contributed by atoms with Crippen molar-refractivity contribution in [1.82, 2.24) is 0 Å². The van der Waals surface area contributed by atoms with Gasteiger partial charge in [0.25, 0.3) is 11.8 Å². The Morgan fingerprint density at radius 1 is 0.963 bits per heavy atom. The average molecular weight is 364 g/mol. The molecule has 1 atom stereocenters. The van der Waals surface area contributed by atoms with Gasteiger partial charge in [0.05, 0.1) is 6.26 Å². The topological polar surface area (TPSA) is 80.6 Å². The van der Waals surface area contributed by atoms with Crippen LogP contribution in [0, 0.1) is 6.92 Å². The normalized spacial score (nSPS) is 11.5. The van der Waals surface area contributed by atoms with Crippen LogP contribution in [0.5, 0.6) is 5.75 Å². The summed E-state index contributed by atoms with van der Waals surface area (Å²) in [7, 11) is 0. The summed E-state index contributed by atoms with van der Waals surface area (Å²) < 4.78 is 10.7.